The van der Waals surface area contributed by atoms with Gasteiger partial charge in [-0.2, -0.15) is 26.3 Å². The van der Waals surface area contributed by atoms with Crippen LogP contribution in [0.2, 0.25) is 0 Å². The van der Waals surface area contributed by atoms with Crippen LogP contribution in [-0.2, 0) is 35.8 Å². The van der Waals surface area contributed by atoms with Gasteiger partial charge in [-0.15, -0.1) is 0 Å². The predicted molar refractivity (Wildman–Crippen MR) is 236 cm³/mol. The van der Waals surface area contributed by atoms with Gasteiger partial charge in [0.1, 0.15) is 11.5 Å². The molecule has 2 aliphatic heterocycles. The van der Waals surface area contributed by atoms with Crippen molar-refractivity contribution in [3.8, 4) is 45.6 Å². The maximum absolute atomic E-state index is 11.7. The molecule has 7 aromatic rings. The molecule has 0 aliphatic carbocycles. The summed E-state index contributed by atoms with van der Waals surface area (Å²) >= 11 is 0. The number of carbonyl (C=O) groups excluding carboxylic acids is 2. The van der Waals surface area contributed by atoms with Gasteiger partial charge in [0.2, 0.25) is 0 Å². The Morgan fingerprint density at radius 3 is 0.866 bits per heavy atom. The van der Waals surface area contributed by atoms with Crippen LogP contribution in [0.4, 0.5) is 26.3 Å². The van der Waals surface area contributed by atoms with Crippen LogP contribution in [0.3, 0.4) is 0 Å². The molecule has 4 aromatic carbocycles. The van der Waals surface area contributed by atoms with Crippen LogP contribution in [0.15, 0.2) is 121 Å². The van der Waals surface area contributed by atoms with E-state index < -0.39 is 46.3 Å². The molecule has 2 aliphatic rings. The molecule has 0 radical (unpaired) electrons. The number of hydrogen-bond acceptors (Lipinski definition) is 10. The molecular formula is C48H38F6N8O4Zr. The minimum atomic E-state index is -4.92. The van der Waals surface area contributed by atoms with E-state index in [-0.39, 0.29) is 38.4 Å². The molecule has 19 heteroatoms. The molecule has 3 aromatic heterocycles. The Morgan fingerprint density at radius 1 is 0.433 bits per heavy atom. The molecule has 67 heavy (non-hydrogen) atoms. The van der Waals surface area contributed by atoms with Crippen LogP contribution in [0.1, 0.15) is 41.5 Å². The van der Waals surface area contributed by atoms with E-state index >= 15 is 0 Å². The fourth-order valence-corrected chi connectivity index (χ4v) is 6.30. The monoisotopic (exact) mass is 994 g/mol. The van der Waals surface area contributed by atoms with Gasteiger partial charge in [0, 0.05) is 67.8 Å². The Bertz CT molecular complexity index is 2920. The zero-order valence-corrected chi connectivity index (χ0v) is 38.9. The van der Waals surface area contributed by atoms with Crippen molar-refractivity contribution in [3.05, 3.63) is 121 Å². The van der Waals surface area contributed by atoms with E-state index in [1.165, 1.54) is 41.5 Å². The topological polar surface area (TPSA) is 180 Å². The first-order chi connectivity index (χ1) is 30.9. The summed E-state index contributed by atoms with van der Waals surface area (Å²) in [5.74, 6) is -3.02. The molecule has 340 valence electrons. The number of carbonyl (C=O) groups is 2. The Hall–Kier alpha value is -6.88. The minimum Gasteiger partial charge on any atom is -0.512 e. The molecule has 0 fully saturated rings. The minimum absolute atomic E-state index is 0. The van der Waals surface area contributed by atoms with Crippen LogP contribution in [-0.4, -0.2) is 64.0 Å². The van der Waals surface area contributed by atoms with Crippen molar-refractivity contribution in [2.24, 2.45) is 10.8 Å². The standard InChI is InChI=1S/C32H16N8.2C8H11F3O2.Zr/c1-2-10-18-17(9-1)25-33-26(18)38-28-21-13-5-6-14-22(21)30(35-28)40-32-24-16-8-7-15-23(24)31(36-32)39-29-20-12-4-3-11-19(20)27(34-29)37-25;2*1-7(2,3)5(12)4-6(13)8(9,10)11;/h1-16H;2*4,12H,1-3H3;/q-2;;;+2. The molecule has 0 unspecified atom stereocenters. The normalized spacial score (nSPS) is 12.8. The quantitative estimate of drug-likeness (QED) is 0.0952. The first-order valence-corrected chi connectivity index (χ1v) is 20.0. The Kier molecular flexibility index (Phi) is 13.9. The number of aliphatic hydroxyl groups is 2. The van der Waals surface area contributed by atoms with E-state index in [9.17, 15) is 35.9 Å². The number of nitrogens with zero attached hydrogens (tertiary/aromatic N) is 8. The van der Waals surface area contributed by atoms with E-state index in [1.54, 1.807) is 0 Å². The Morgan fingerprint density at radius 2 is 0.657 bits per heavy atom. The van der Waals surface area contributed by atoms with Crippen LogP contribution in [0, 0.1) is 10.8 Å². The second-order valence-corrected chi connectivity index (χ2v) is 16.9. The molecule has 8 bridgehead atoms. The molecular weight excluding hydrogens is 958 g/mol. The molecule has 12 nitrogen and oxygen atoms in total. The van der Waals surface area contributed by atoms with Crippen molar-refractivity contribution < 1.29 is 72.3 Å². The Balaban J connectivity index is 0.000000229. The van der Waals surface area contributed by atoms with Crippen molar-refractivity contribution in [1.82, 2.24) is 39.9 Å². The summed E-state index contributed by atoms with van der Waals surface area (Å²) in [6.45, 7) is 9.01. The van der Waals surface area contributed by atoms with Gasteiger partial charge < -0.3 is 40.1 Å². The summed E-state index contributed by atoms with van der Waals surface area (Å²) in [4.78, 5) is 60.0. The number of alkyl halides is 6. The van der Waals surface area contributed by atoms with E-state index in [0.29, 0.717) is 45.9 Å². The van der Waals surface area contributed by atoms with Crippen LogP contribution in [0.25, 0.3) is 89.7 Å². The number of fused-ring (bicyclic) bond motifs is 20. The summed E-state index contributed by atoms with van der Waals surface area (Å²) in [5.41, 5.74) is 4.09. The maximum atomic E-state index is 11.7. The molecule has 0 amide bonds. The summed E-state index contributed by atoms with van der Waals surface area (Å²) in [7, 11) is 0. The second-order valence-electron chi connectivity index (χ2n) is 16.9. The second kappa shape index (κ2) is 18.8. The average Bonchev–Trinajstić information content (AvgIpc) is 3.99. The number of benzene rings is 4. The van der Waals surface area contributed by atoms with Gasteiger partial charge in [0.05, 0.1) is 23.3 Å². The molecule has 0 atom stereocenters. The van der Waals surface area contributed by atoms with Crippen molar-refractivity contribution >= 4 is 55.7 Å². The number of ketones is 2. The molecule has 5 heterocycles. The zero-order valence-electron chi connectivity index (χ0n) is 36.4. The molecule has 2 N–H and O–H groups in total. The third-order valence-corrected chi connectivity index (χ3v) is 9.96. The first-order valence-electron chi connectivity index (χ1n) is 20.0. The number of rotatable bonds is 2. The molecule has 9 rings (SSSR count). The number of halogens is 6. The largest absolute Gasteiger partial charge is 2.00 e. The molecule has 0 saturated heterocycles. The van der Waals surface area contributed by atoms with Gasteiger partial charge in [-0.05, 0) is 21.5 Å². The van der Waals surface area contributed by atoms with Gasteiger partial charge in [-0.3, -0.25) is 9.59 Å². The van der Waals surface area contributed by atoms with Crippen LogP contribution < -0.4 is 9.97 Å². The summed E-state index contributed by atoms with van der Waals surface area (Å²) in [5, 5.41) is 21.7. The predicted octanol–water partition coefficient (Wildman–Crippen LogP) is 11.3. The number of allylic oxidation sites excluding steroid dienone is 4. The van der Waals surface area contributed by atoms with Crippen molar-refractivity contribution in [2.45, 2.75) is 53.9 Å². The fraction of sp³-hybridized carbons (Fsp3) is 0.208. The van der Waals surface area contributed by atoms with E-state index in [4.69, 9.17) is 50.1 Å². The van der Waals surface area contributed by atoms with E-state index in [2.05, 4.69) is 0 Å². The van der Waals surface area contributed by atoms with Crippen molar-refractivity contribution in [1.29, 1.82) is 0 Å². The summed E-state index contributed by atoms with van der Waals surface area (Å²) < 4.78 is 70.2. The summed E-state index contributed by atoms with van der Waals surface area (Å²) in [6, 6.07) is 31.8. The number of hydrogen-bond donors (Lipinski definition) is 2. The average molecular weight is 996 g/mol. The Labute approximate surface area is 397 Å². The van der Waals surface area contributed by atoms with Crippen LogP contribution in [0.5, 0.6) is 0 Å². The van der Waals surface area contributed by atoms with Gasteiger partial charge >= 0.3 is 38.6 Å². The van der Waals surface area contributed by atoms with E-state index in [0.717, 1.165) is 43.8 Å². The molecule has 0 spiro atoms. The first kappa shape index (κ1) is 49.6. The van der Waals surface area contributed by atoms with Gasteiger partial charge in [-0.25, -0.2) is 9.97 Å². The number of aliphatic hydroxyl groups excluding tert-OH is 2. The summed E-state index contributed by atoms with van der Waals surface area (Å²) in [6.07, 6.45) is -9.42. The third-order valence-electron chi connectivity index (χ3n) is 9.96. The smallest absolute Gasteiger partial charge is 0.512 e. The van der Waals surface area contributed by atoms with Crippen molar-refractivity contribution in [3.63, 3.8) is 0 Å². The van der Waals surface area contributed by atoms with Gasteiger partial charge in [0.25, 0.3) is 11.6 Å². The SMILES string of the molecule is CC(C)(C)C(O)=CC(=O)C(F)(F)F.CC(C)(C)C(O)=CC(=O)C(F)(F)F.[Zr+2].c1ccc2c(c1)-c1nc-2nc2[n-]c(nc3nc(nc4[n-]c(n1)c1ccccc41)-c1ccccc1-3)c1ccccc21. The maximum Gasteiger partial charge on any atom is 2.00 e. The van der Waals surface area contributed by atoms with Crippen molar-refractivity contribution in [2.75, 3.05) is 0 Å². The van der Waals surface area contributed by atoms with E-state index in [1.807, 2.05) is 97.1 Å². The number of aromatic nitrogens is 8. The van der Waals surface area contributed by atoms with Crippen LogP contribution >= 0.6 is 0 Å². The third kappa shape index (κ3) is 10.9. The fourth-order valence-electron chi connectivity index (χ4n) is 6.30. The zero-order chi connectivity index (χ0) is 47.9. The van der Waals surface area contributed by atoms with Gasteiger partial charge in [-0.1, -0.05) is 139 Å². The van der Waals surface area contributed by atoms with Gasteiger partial charge in [0.15, 0.2) is 0 Å². The molecule has 0 saturated carbocycles.